The maximum Gasteiger partial charge on any atom is 0.226 e. The molecule has 0 aliphatic carbocycles. The molecule has 5 aromatic rings. The Hall–Kier alpha value is -4.20. The van der Waals surface area contributed by atoms with Gasteiger partial charge in [-0.25, -0.2) is 0 Å². The molecule has 1 fully saturated rings. The molecule has 3 heterocycles. The van der Waals surface area contributed by atoms with Crippen molar-refractivity contribution in [2.24, 2.45) is 0 Å². The summed E-state index contributed by atoms with van der Waals surface area (Å²) < 4.78 is 2.25. The molecule has 1 saturated heterocycles. The monoisotopic (exact) mass is 593 g/mol. The van der Waals surface area contributed by atoms with Gasteiger partial charge in [0.1, 0.15) is 0 Å². The fourth-order valence-corrected chi connectivity index (χ4v) is 6.69. The molecule has 2 atom stereocenters. The van der Waals surface area contributed by atoms with Gasteiger partial charge >= 0.3 is 0 Å². The molecule has 6 rings (SSSR count). The van der Waals surface area contributed by atoms with Gasteiger partial charge in [0, 0.05) is 57.9 Å². The zero-order valence-electron chi connectivity index (χ0n) is 23.8. The zero-order valence-corrected chi connectivity index (χ0v) is 25.3. The van der Waals surface area contributed by atoms with Crippen LogP contribution < -0.4 is 10.6 Å². The van der Waals surface area contributed by atoms with E-state index in [1.165, 1.54) is 11.1 Å². The minimum absolute atomic E-state index is 0.0599. The SMILES string of the molecule is Cc1c([C@@H]2[C@@H](c3ccccn3)NC(=S)N2CCC(=O)Nc2cccc3ccccc23)c(C)n(-c2cccc(Cl)c2)c1C. The minimum atomic E-state index is -0.174. The number of pyridine rings is 1. The van der Waals surface area contributed by atoms with Crippen LogP contribution in [0.1, 0.15) is 46.7 Å². The molecule has 6 nitrogen and oxygen atoms in total. The number of hydrogen-bond acceptors (Lipinski definition) is 3. The van der Waals surface area contributed by atoms with E-state index in [4.69, 9.17) is 28.8 Å². The van der Waals surface area contributed by atoms with Gasteiger partial charge in [-0.15, -0.1) is 0 Å². The third kappa shape index (κ3) is 5.14. The summed E-state index contributed by atoms with van der Waals surface area (Å²) in [5, 5.41) is 10.1. The molecule has 212 valence electrons. The Balaban J connectivity index is 1.34. The smallest absolute Gasteiger partial charge is 0.226 e. The highest BCUT2D eigenvalue weighted by molar-refractivity contribution is 7.80. The maximum atomic E-state index is 13.3. The van der Waals surface area contributed by atoms with Crippen molar-refractivity contribution in [3.05, 3.63) is 124 Å². The molecule has 0 radical (unpaired) electrons. The number of halogens is 1. The van der Waals surface area contributed by atoms with Gasteiger partial charge in [0.15, 0.2) is 5.11 Å². The first kappa shape index (κ1) is 27.9. The summed E-state index contributed by atoms with van der Waals surface area (Å²) in [5.74, 6) is -0.0599. The Morgan fingerprint density at radius 1 is 0.976 bits per heavy atom. The van der Waals surface area contributed by atoms with E-state index < -0.39 is 0 Å². The molecule has 0 unspecified atom stereocenters. The molecule has 0 bridgehead atoms. The van der Waals surface area contributed by atoms with E-state index in [1.54, 1.807) is 6.20 Å². The molecule has 2 aromatic heterocycles. The number of carbonyl (C=O) groups excluding carboxylic acids is 1. The zero-order chi connectivity index (χ0) is 29.4. The van der Waals surface area contributed by atoms with Crippen LogP contribution in [0.25, 0.3) is 16.5 Å². The van der Waals surface area contributed by atoms with Gasteiger partial charge in [-0.3, -0.25) is 9.78 Å². The number of rotatable bonds is 7. The van der Waals surface area contributed by atoms with E-state index in [1.807, 2.05) is 78.9 Å². The van der Waals surface area contributed by atoms with Crippen molar-refractivity contribution >= 4 is 51.3 Å². The second-order valence-corrected chi connectivity index (χ2v) is 11.5. The van der Waals surface area contributed by atoms with Crippen LogP contribution in [0.15, 0.2) is 91.1 Å². The van der Waals surface area contributed by atoms with Crippen LogP contribution in [0, 0.1) is 20.8 Å². The number of anilines is 1. The van der Waals surface area contributed by atoms with Crippen LogP contribution in [0.4, 0.5) is 5.69 Å². The first-order valence-electron chi connectivity index (χ1n) is 14.0. The van der Waals surface area contributed by atoms with Gasteiger partial charge < -0.3 is 20.1 Å². The third-order valence-corrected chi connectivity index (χ3v) is 8.80. The molecule has 42 heavy (non-hydrogen) atoms. The van der Waals surface area contributed by atoms with Crippen LogP contribution in [-0.4, -0.2) is 32.0 Å². The van der Waals surface area contributed by atoms with Gasteiger partial charge in [-0.05, 0) is 80.3 Å². The number of amides is 1. The predicted molar refractivity (Wildman–Crippen MR) is 174 cm³/mol. The van der Waals surface area contributed by atoms with Crippen LogP contribution >= 0.6 is 23.8 Å². The summed E-state index contributed by atoms with van der Waals surface area (Å²) in [4.78, 5) is 20.1. The topological polar surface area (TPSA) is 62.2 Å². The first-order valence-corrected chi connectivity index (χ1v) is 14.8. The van der Waals surface area contributed by atoms with Crippen molar-refractivity contribution in [1.82, 2.24) is 19.8 Å². The number of nitrogens with zero attached hydrogens (tertiary/aromatic N) is 3. The lowest BCUT2D eigenvalue weighted by Crippen LogP contribution is -2.33. The molecule has 3 aromatic carbocycles. The van der Waals surface area contributed by atoms with Crippen LogP contribution in [0.3, 0.4) is 0 Å². The van der Waals surface area contributed by atoms with Crippen molar-refractivity contribution in [2.75, 3.05) is 11.9 Å². The lowest BCUT2D eigenvalue weighted by Gasteiger charge is -2.29. The van der Waals surface area contributed by atoms with Crippen LogP contribution in [-0.2, 0) is 4.79 Å². The Morgan fingerprint density at radius 2 is 1.74 bits per heavy atom. The molecule has 8 heteroatoms. The Kier molecular flexibility index (Phi) is 7.71. The van der Waals surface area contributed by atoms with Gasteiger partial charge in [-0.1, -0.05) is 60.1 Å². The molecular weight excluding hydrogens is 562 g/mol. The normalized spacial score (nSPS) is 16.6. The number of fused-ring (bicyclic) bond motifs is 1. The van der Waals surface area contributed by atoms with E-state index in [0.29, 0.717) is 16.7 Å². The van der Waals surface area contributed by atoms with Crippen LogP contribution in [0.5, 0.6) is 0 Å². The maximum absolute atomic E-state index is 13.3. The lowest BCUT2D eigenvalue weighted by molar-refractivity contribution is -0.116. The van der Waals surface area contributed by atoms with Gasteiger partial charge in [-0.2, -0.15) is 0 Å². The summed E-state index contributed by atoms with van der Waals surface area (Å²) in [6.45, 7) is 6.88. The summed E-state index contributed by atoms with van der Waals surface area (Å²) in [5.41, 5.74) is 7.31. The highest BCUT2D eigenvalue weighted by atomic mass is 35.5. The number of benzene rings is 3. The standard InChI is InChI=1S/C34H32ClN5OS/c1-21-22(2)40(26-13-9-12-25(35)20-26)23(3)31(21)33-32(29-15-6-7-18-36-29)38-34(42)39(33)19-17-30(41)37-28-16-8-11-24-10-4-5-14-27(24)28/h4-16,18,20,32-33H,17,19H2,1-3H3,(H,37,41)(H,38,42)/t32-,33-/m1/s1. The quantitative estimate of drug-likeness (QED) is 0.190. The largest absolute Gasteiger partial charge is 0.352 e. The van der Waals surface area contributed by atoms with E-state index in [-0.39, 0.29) is 24.4 Å². The summed E-state index contributed by atoms with van der Waals surface area (Å²) >= 11 is 12.3. The summed E-state index contributed by atoms with van der Waals surface area (Å²) in [7, 11) is 0. The number of aromatic nitrogens is 2. The van der Waals surface area contributed by atoms with Crippen LogP contribution in [0.2, 0.25) is 5.02 Å². The molecule has 2 N–H and O–H groups in total. The van der Waals surface area contributed by atoms with Crippen molar-refractivity contribution in [1.29, 1.82) is 0 Å². The molecule has 1 aliphatic rings. The number of nitrogens with one attached hydrogen (secondary N) is 2. The Bertz CT molecular complexity index is 1800. The fourth-order valence-electron chi connectivity index (χ4n) is 6.17. The van der Waals surface area contributed by atoms with E-state index in [0.717, 1.165) is 39.2 Å². The predicted octanol–water partition coefficient (Wildman–Crippen LogP) is 7.61. The minimum Gasteiger partial charge on any atom is -0.352 e. The van der Waals surface area contributed by atoms with E-state index in [2.05, 4.69) is 46.9 Å². The highest BCUT2D eigenvalue weighted by Crippen LogP contribution is 2.43. The van der Waals surface area contributed by atoms with Crippen molar-refractivity contribution < 1.29 is 4.79 Å². The van der Waals surface area contributed by atoms with Gasteiger partial charge in [0.2, 0.25) is 5.91 Å². The van der Waals surface area contributed by atoms with E-state index >= 15 is 0 Å². The number of hydrogen-bond donors (Lipinski definition) is 2. The average molecular weight is 594 g/mol. The second-order valence-electron chi connectivity index (χ2n) is 10.7. The third-order valence-electron chi connectivity index (χ3n) is 8.21. The first-order chi connectivity index (χ1) is 20.3. The van der Waals surface area contributed by atoms with E-state index in [9.17, 15) is 4.79 Å². The Labute approximate surface area is 256 Å². The molecule has 1 aliphatic heterocycles. The second kappa shape index (κ2) is 11.6. The van der Waals surface area contributed by atoms with Crippen molar-refractivity contribution in [3.63, 3.8) is 0 Å². The van der Waals surface area contributed by atoms with Crippen molar-refractivity contribution in [2.45, 2.75) is 39.3 Å². The molecule has 1 amide bonds. The molecule has 0 spiro atoms. The number of carbonyl (C=O) groups is 1. The average Bonchev–Trinajstić information content (AvgIpc) is 3.43. The molecular formula is C34H32ClN5OS. The fraction of sp³-hybridized carbons (Fsp3) is 0.206. The Morgan fingerprint density at radius 3 is 2.52 bits per heavy atom. The highest BCUT2D eigenvalue weighted by Gasteiger charge is 2.42. The lowest BCUT2D eigenvalue weighted by atomic mass is 9.93. The molecule has 0 saturated carbocycles. The number of thiocarbonyl (C=S) groups is 1. The van der Waals surface area contributed by atoms with Gasteiger partial charge in [0.05, 0.1) is 17.8 Å². The van der Waals surface area contributed by atoms with Crippen molar-refractivity contribution in [3.8, 4) is 5.69 Å². The van der Waals surface area contributed by atoms with Gasteiger partial charge in [0.25, 0.3) is 0 Å². The summed E-state index contributed by atoms with van der Waals surface area (Å²) in [6, 6.07) is 27.5. The summed E-state index contributed by atoms with van der Waals surface area (Å²) in [6.07, 6.45) is 2.09.